The number of hydrogen-bond donors (Lipinski definition) is 0. The third kappa shape index (κ3) is 2.83. The van der Waals surface area contributed by atoms with Crippen molar-refractivity contribution in [1.29, 1.82) is 0 Å². The van der Waals surface area contributed by atoms with Crippen molar-refractivity contribution in [3.05, 3.63) is 39.4 Å². The lowest BCUT2D eigenvalue weighted by atomic mass is 9.97. The first-order valence-corrected chi connectivity index (χ1v) is 7.55. The first kappa shape index (κ1) is 13.7. The maximum atomic E-state index is 12.4. The minimum atomic E-state index is 0.00956. The molecular formula is C13H14Br2N2O. The Morgan fingerprint density at radius 3 is 2.78 bits per heavy atom. The molecule has 3 nitrogen and oxygen atoms in total. The van der Waals surface area contributed by atoms with Crippen molar-refractivity contribution in [3.8, 4) is 0 Å². The van der Waals surface area contributed by atoms with E-state index in [1.807, 2.05) is 18.2 Å². The minimum absolute atomic E-state index is 0.00956. The Hall–Kier alpha value is -0.680. The van der Waals surface area contributed by atoms with Crippen molar-refractivity contribution in [1.82, 2.24) is 9.55 Å². The van der Waals surface area contributed by atoms with Gasteiger partial charge in [0.2, 0.25) is 0 Å². The number of halogens is 2. The Balaban J connectivity index is 2.54. The van der Waals surface area contributed by atoms with E-state index in [-0.39, 0.29) is 11.0 Å². The van der Waals surface area contributed by atoms with Crippen LogP contribution < -0.4 is 5.56 Å². The first-order chi connectivity index (χ1) is 8.43. The lowest BCUT2D eigenvalue weighted by Crippen LogP contribution is -2.29. The van der Waals surface area contributed by atoms with E-state index in [0.717, 1.165) is 15.3 Å². The van der Waals surface area contributed by atoms with Gasteiger partial charge in [0.25, 0.3) is 5.56 Å². The largest absolute Gasteiger partial charge is 0.298 e. The number of fused-ring (bicyclic) bond motifs is 1. The van der Waals surface area contributed by atoms with Crippen LogP contribution in [0.4, 0.5) is 0 Å². The topological polar surface area (TPSA) is 34.9 Å². The molecule has 0 fully saturated rings. The molecule has 18 heavy (non-hydrogen) atoms. The van der Waals surface area contributed by atoms with Crippen LogP contribution in [-0.2, 0) is 6.54 Å². The Morgan fingerprint density at radius 1 is 1.39 bits per heavy atom. The zero-order valence-corrected chi connectivity index (χ0v) is 13.5. The first-order valence-electron chi connectivity index (χ1n) is 5.64. The second-order valence-corrected chi connectivity index (χ2v) is 6.61. The summed E-state index contributed by atoms with van der Waals surface area (Å²) < 4.78 is 2.57. The Labute approximate surface area is 122 Å². The van der Waals surface area contributed by atoms with Gasteiger partial charge < -0.3 is 0 Å². The van der Waals surface area contributed by atoms with E-state index >= 15 is 0 Å². The highest BCUT2D eigenvalue weighted by atomic mass is 79.9. The molecule has 0 spiro atoms. The summed E-state index contributed by atoms with van der Waals surface area (Å²) in [5, 5.41) is 1.49. The third-order valence-corrected chi connectivity index (χ3v) is 4.76. The Bertz CT molecular complexity index is 634. The summed E-state index contributed by atoms with van der Waals surface area (Å²) in [6.07, 6.45) is 1.63. The average Bonchev–Trinajstić information content (AvgIpc) is 2.33. The second-order valence-electron chi connectivity index (χ2n) is 5.14. The normalized spacial score (nSPS) is 12.0. The fourth-order valence-corrected chi connectivity index (χ4v) is 2.29. The summed E-state index contributed by atoms with van der Waals surface area (Å²) in [6.45, 7) is 4.87. The molecule has 0 amide bonds. The summed E-state index contributed by atoms with van der Waals surface area (Å²) in [5.41, 5.74) is 0.761. The molecule has 96 valence electrons. The van der Waals surface area contributed by atoms with E-state index in [9.17, 15) is 4.79 Å². The molecule has 0 bridgehead atoms. The fraction of sp³-hybridized carbons (Fsp3) is 0.385. The maximum Gasteiger partial charge on any atom is 0.261 e. The zero-order valence-electron chi connectivity index (χ0n) is 10.3. The van der Waals surface area contributed by atoms with Gasteiger partial charge in [-0.3, -0.25) is 9.36 Å². The minimum Gasteiger partial charge on any atom is -0.298 e. The van der Waals surface area contributed by atoms with Crippen LogP contribution in [0.25, 0.3) is 10.9 Å². The van der Waals surface area contributed by atoms with Gasteiger partial charge in [0.1, 0.15) is 0 Å². The van der Waals surface area contributed by atoms with Gasteiger partial charge in [-0.15, -0.1) is 0 Å². The van der Waals surface area contributed by atoms with E-state index < -0.39 is 0 Å². The van der Waals surface area contributed by atoms with E-state index in [1.165, 1.54) is 0 Å². The molecule has 5 heteroatoms. The van der Waals surface area contributed by atoms with Crippen LogP contribution in [0.1, 0.15) is 13.8 Å². The third-order valence-electron chi connectivity index (χ3n) is 2.75. The van der Waals surface area contributed by atoms with Crippen LogP contribution >= 0.6 is 31.9 Å². The number of rotatable bonds is 3. The van der Waals surface area contributed by atoms with Crippen molar-refractivity contribution in [2.24, 2.45) is 5.41 Å². The van der Waals surface area contributed by atoms with Crippen molar-refractivity contribution >= 4 is 42.8 Å². The molecule has 0 radical (unpaired) electrons. The van der Waals surface area contributed by atoms with Gasteiger partial charge >= 0.3 is 0 Å². The van der Waals surface area contributed by atoms with Crippen LogP contribution in [-0.4, -0.2) is 14.9 Å². The van der Waals surface area contributed by atoms with E-state index in [2.05, 4.69) is 50.7 Å². The molecule has 2 aromatic rings. The van der Waals surface area contributed by atoms with E-state index in [0.29, 0.717) is 11.9 Å². The fourth-order valence-electron chi connectivity index (χ4n) is 1.75. The molecule has 1 aromatic heterocycles. The number of benzene rings is 1. The molecule has 0 unspecified atom stereocenters. The quantitative estimate of drug-likeness (QED) is 0.770. The molecule has 0 saturated heterocycles. The summed E-state index contributed by atoms with van der Waals surface area (Å²) in [6, 6.07) is 5.56. The summed E-state index contributed by atoms with van der Waals surface area (Å²) in [7, 11) is 0. The molecular weight excluding hydrogens is 360 g/mol. The lowest BCUT2D eigenvalue weighted by molar-refractivity contribution is 0.348. The standard InChI is InChI=1S/C13H14Br2N2O/c1-13(2,6-14)7-17-8-16-11-4-3-9(15)5-10(11)12(17)18/h3-5,8H,6-7H2,1-2H3. The Kier molecular flexibility index (Phi) is 3.92. The average molecular weight is 374 g/mol. The smallest absolute Gasteiger partial charge is 0.261 e. The van der Waals surface area contributed by atoms with Gasteiger partial charge in [-0.1, -0.05) is 45.7 Å². The van der Waals surface area contributed by atoms with Gasteiger partial charge in [-0.2, -0.15) is 0 Å². The van der Waals surface area contributed by atoms with E-state index in [4.69, 9.17) is 0 Å². The summed E-state index contributed by atoms with van der Waals surface area (Å²) in [4.78, 5) is 16.7. The van der Waals surface area contributed by atoms with Crippen LogP contribution in [0.2, 0.25) is 0 Å². The molecule has 0 aliphatic heterocycles. The van der Waals surface area contributed by atoms with Crippen LogP contribution in [0.5, 0.6) is 0 Å². The zero-order chi connectivity index (χ0) is 13.3. The summed E-state index contributed by atoms with van der Waals surface area (Å²) in [5.74, 6) is 0. The molecule has 0 atom stereocenters. The molecule has 1 aromatic carbocycles. The molecule has 0 aliphatic carbocycles. The Morgan fingerprint density at radius 2 is 2.11 bits per heavy atom. The predicted octanol–water partition coefficient (Wildman–Crippen LogP) is 3.58. The lowest BCUT2D eigenvalue weighted by Gasteiger charge is -2.22. The number of hydrogen-bond acceptors (Lipinski definition) is 2. The molecule has 1 heterocycles. The van der Waals surface area contributed by atoms with Crippen molar-refractivity contribution in [3.63, 3.8) is 0 Å². The second kappa shape index (κ2) is 5.13. The highest BCUT2D eigenvalue weighted by Crippen LogP contribution is 2.20. The SMILES string of the molecule is CC(C)(CBr)Cn1cnc2ccc(Br)cc2c1=O. The van der Waals surface area contributed by atoms with Crippen molar-refractivity contribution in [2.75, 3.05) is 5.33 Å². The number of alkyl halides is 1. The monoisotopic (exact) mass is 372 g/mol. The molecule has 0 aliphatic rings. The van der Waals surface area contributed by atoms with Gasteiger partial charge in [-0.05, 0) is 23.6 Å². The number of aromatic nitrogens is 2. The van der Waals surface area contributed by atoms with Crippen LogP contribution in [0.3, 0.4) is 0 Å². The van der Waals surface area contributed by atoms with Crippen molar-refractivity contribution in [2.45, 2.75) is 20.4 Å². The number of nitrogens with zero attached hydrogens (tertiary/aromatic N) is 2. The maximum absolute atomic E-state index is 12.4. The van der Waals surface area contributed by atoms with Gasteiger partial charge in [0.05, 0.1) is 17.2 Å². The highest BCUT2D eigenvalue weighted by Gasteiger charge is 2.18. The highest BCUT2D eigenvalue weighted by molar-refractivity contribution is 9.10. The molecule has 0 saturated carbocycles. The van der Waals surface area contributed by atoms with Gasteiger partial charge in [0.15, 0.2) is 0 Å². The summed E-state index contributed by atoms with van der Waals surface area (Å²) >= 11 is 6.85. The van der Waals surface area contributed by atoms with Crippen molar-refractivity contribution < 1.29 is 0 Å². The van der Waals surface area contributed by atoms with Crippen LogP contribution in [0, 0.1) is 5.41 Å². The van der Waals surface area contributed by atoms with Crippen LogP contribution in [0.15, 0.2) is 33.8 Å². The van der Waals surface area contributed by atoms with Gasteiger partial charge in [-0.25, -0.2) is 4.98 Å². The molecule has 0 N–H and O–H groups in total. The van der Waals surface area contributed by atoms with Gasteiger partial charge in [0, 0.05) is 16.3 Å². The molecule has 2 rings (SSSR count). The van der Waals surface area contributed by atoms with E-state index in [1.54, 1.807) is 10.9 Å². The predicted molar refractivity (Wildman–Crippen MR) is 81.3 cm³/mol.